The Hall–Kier alpha value is -1.14. The minimum absolute atomic E-state index is 0.128. The van der Waals surface area contributed by atoms with Crippen molar-refractivity contribution in [1.29, 1.82) is 0 Å². The summed E-state index contributed by atoms with van der Waals surface area (Å²) in [7, 11) is 0. The molecule has 0 aromatic rings. The molecule has 4 unspecified atom stereocenters. The second-order valence-corrected chi connectivity index (χ2v) is 5.28. The fraction of sp³-hybridized carbons (Fsp3) is 0.833. The average molecular weight is 257 g/mol. The van der Waals surface area contributed by atoms with E-state index in [1.807, 2.05) is 0 Å². The number of nitrogens with zero attached hydrogens (tertiary/aromatic N) is 1. The largest absolute Gasteiger partial charge is 0.481 e. The summed E-state index contributed by atoms with van der Waals surface area (Å²) in [5, 5.41) is 27.8. The first kappa shape index (κ1) is 13.3. The molecular formula is C12H19NO5. The number of carboxylic acid groups (broad SMARTS) is 1. The molecule has 1 saturated carbocycles. The second-order valence-electron chi connectivity index (χ2n) is 5.28. The average Bonchev–Trinajstić information content (AvgIpc) is 2.69. The monoisotopic (exact) mass is 257 g/mol. The van der Waals surface area contributed by atoms with Crippen LogP contribution in [0.1, 0.15) is 25.7 Å². The van der Waals surface area contributed by atoms with Gasteiger partial charge in [0.15, 0.2) is 0 Å². The quantitative estimate of drug-likeness (QED) is 0.616. The molecule has 0 spiro atoms. The Morgan fingerprint density at radius 1 is 1.00 bits per heavy atom. The molecule has 2 fully saturated rings. The van der Waals surface area contributed by atoms with E-state index in [4.69, 9.17) is 5.11 Å². The molecule has 1 aliphatic heterocycles. The van der Waals surface area contributed by atoms with Crippen LogP contribution in [0.5, 0.6) is 0 Å². The van der Waals surface area contributed by atoms with E-state index < -0.39 is 24.1 Å². The molecule has 0 bridgehead atoms. The first-order valence-electron chi connectivity index (χ1n) is 6.36. The van der Waals surface area contributed by atoms with Crippen LogP contribution < -0.4 is 0 Å². The maximum atomic E-state index is 12.2. The Morgan fingerprint density at radius 3 is 2.11 bits per heavy atom. The molecule has 1 amide bonds. The first-order chi connectivity index (χ1) is 8.49. The van der Waals surface area contributed by atoms with Gasteiger partial charge in [0.05, 0.1) is 18.1 Å². The van der Waals surface area contributed by atoms with E-state index in [-0.39, 0.29) is 24.9 Å². The number of rotatable bonds is 2. The molecule has 2 aliphatic rings. The second kappa shape index (κ2) is 5.24. The number of likely N-dealkylation sites (tertiary alicyclic amines) is 1. The SMILES string of the molecule is O=C(O)C1CCCC(C(=O)N2CC(O)C(O)C2)C1. The van der Waals surface area contributed by atoms with Gasteiger partial charge in [0.2, 0.25) is 5.91 Å². The Kier molecular flexibility index (Phi) is 3.87. The number of carbonyl (C=O) groups is 2. The van der Waals surface area contributed by atoms with Crippen molar-refractivity contribution in [2.24, 2.45) is 11.8 Å². The lowest BCUT2D eigenvalue weighted by Gasteiger charge is -2.29. The van der Waals surface area contributed by atoms with Gasteiger partial charge < -0.3 is 20.2 Å². The zero-order valence-corrected chi connectivity index (χ0v) is 10.2. The minimum Gasteiger partial charge on any atom is -0.481 e. The fourth-order valence-electron chi connectivity index (χ4n) is 2.85. The summed E-state index contributed by atoms with van der Waals surface area (Å²) in [6.45, 7) is 0.294. The predicted molar refractivity (Wildman–Crippen MR) is 61.7 cm³/mol. The Balaban J connectivity index is 1.95. The van der Waals surface area contributed by atoms with E-state index in [1.165, 1.54) is 4.90 Å². The Labute approximate surface area is 105 Å². The third kappa shape index (κ3) is 2.64. The third-order valence-electron chi connectivity index (χ3n) is 3.94. The van der Waals surface area contributed by atoms with Crippen molar-refractivity contribution < 1.29 is 24.9 Å². The van der Waals surface area contributed by atoms with Gasteiger partial charge in [-0.25, -0.2) is 0 Å². The summed E-state index contributed by atoms with van der Waals surface area (Å²) < 4.78 is 0. The molecule has 0 aromatic heterocycles. The van der Waals surface area contributed by atoms with Crippen molar-refractivity contribution in [2.45, 2.75) is 37.9 Å². The number of amides is 1. The molecule has 0 radical (unpaired) electrons. The molecule has 4 atom stereocenters. The molecule has 3 N–H and O–H groups in total. The molecular weight excluding hydrogens is 238 g/mol. The molecule has 1 saturated heterocycles. The molecule has 6 nitrogen and oxygen atoms in total. The Bertz CT molecular complexity index is 335. The van der Waals surface area contributed by atoms with Crippen molar-refractivity contribution in [1.82, 2.24) is 4.90 Å². The molecule has 2 rings (SSSR count). The van der Waals surface area contributed by atoms with Crippen LogP contribution in [-0.4, -0.2) is 57.4 Å². The van der Waals surface area contributed by atoms with Crippen LogP contribution in [0.2, 0.25) is 0 Å². The van der Waals surface area contributed by atoms with Gasteiger partial charge in [0.1, 0.15) is 0 Å². The molecule has 1 aliphatic carbocycles. The summed E-state index contributed by atoms with van der Waals surface area (Å²) in [5.74, 6) is -1.69. The lowest BCUT2D eigenvalue weighted by molar-refractivity contribution is -0.145. The summed E-state index contributed by atoms with van der Waals surface area (Å²) in [4.78, 5) is 24.6. The highest BCUT2D eigenvalue weighted by molar-refractivity contribution is 5.80. The number of aliphatic carboxylic acids is 1. The van der Waals surface area contributed by atoms with Gasteiger partial charge in [-0.1, -0.05) is 6.42 Å². The maximum Gasteiger partial charge on any atom is 0.306 e. The summed E-state index contributed by atoms with van der Waals surface area (Å²) in [6, 6.07) is 0. The number of aliphatic hydroxyl groups is 2. The van der Waals surface area contributed by atoms with Crippen LogP contribution in [0, 0.1) is 11.8 Å². The van der Waals surface area contributed by atoms with Crippen molar-refractivity contribution in [3.63, 3.8) is 0 Å². The highest BCUT2D eigenvalue weighted by atomic mass is 16.4. The van der Waals surface area contributed by atoms with Gasteiger partial charge in [0.25, 0.3) is 0 Å². The number of carbonyl (C=O) groups excluding carboxylic acids is 1. The highest BCUT2D eigenvalue weighted by Crippen LogP contribution is 2.31. The van der Waals surface area contributed by atoms with Gasteiger partial charge in [0, 0.05) is 19.0 Å². The number of carboxylic acids is 1. The summed E-state index contributed by atoms with van der Waals surface area (Å²) >= 11 is 0. The summed E-state index contributed by atoms with van der Waals surface area (Å²) in [5.41, 5.74) is 0. The number of hydrogen-bond donors (Lipinski definition) is 3. The fourth-order valence-corrected chi connectivity index (χ4v) is 2.85. The molecule has 102 valence electrons. The van der Waals surface area contributed by atoms with Gasteiger partial charge >= 0.3 is 5.97 Å². The normalized spacial score (nSPS) is 36.7. The lowest BCUT2D eigenvalue weighted by Crippen LogP contribution is -2.38. The number of β-amino-alcohol motifs (C(OH)–C–C–N with tert-alkyl or cyclic N) is 2. The Morgan fingerprint density at radius 2 is 1.56 bits per heavy atom. The maximum absolute atomic E-state index is 12.2. The number of hydrogen-bond acceptors (Lipinski definition) is 4. The van der Waals surface area contributed by atoms with Crippen LogP contribution in [0.4, 0.5) is 0 Å². The van der Waals surface area contributed by atoms with Gasteiger partial charge in [-0.3, -0.25) is 9.59 Å². The third-order valence-corrected chi connectivity index (χ3v) is 3.94. The van der Waals surface area contributed by atoms with Crippen LogP contribution in [0.15, 0.2) is 0 Å². The van der Waals surface area contributed by atoms with E-state index in [1.54, 1.807) is 0 Å². The van der Waals surface area contributed by atoms with E-state index in [0.717, 1.165) is 6.42 Å². The summed E-state index contributed by atoms with van der Waals surface area (Å²) in [6.07, 6.45) is 0.680. The number of aliphatic hydroxyl groups excluding tert-OH is 2. The van der Waals surface area contributed by atoms with E-state index >= 15 is 0 Å². The van der Waals surface area contributed by atoms with Crippen LogP contribution in [0.3, 0.4) is 0 Å². The predicted octanol–water partition coefficient (Wildman–Crippen LogP) is -0.559. The lowest BCUT2D eigenvalue weighted by atomic mass is 9.81. The van der Waals surface area contributed by atoms with E-state index in [2.05, 4.69) is 0 Å². The van der Waals surface area contributed by atoms with Crippen LogP contribution >= 0.6 is 0 Å². The topological polar surface area (TPSA) is 98.1 Å². The molecule has 1 heterocycles. The smallest absolute Gasteiger partial charge is 0.306 e. The molecule has 18 heavy (non-hydrogen) atoms. The van der Waals surface area contributed by atoms with Crippen molar-refractivity contribution in [3.8, 4) is 0 Å². The molecule has 6 heteroatoms. The van der Waals surface area contributed by atoms with Gasteiger partial charge in [-0.05, 0) is 19.3 Å². The van der Waals surface area contributed by atoms with Crippen LogP contribution in [0.25, 0.3) is 0 Å². The highest BCUT2D eigenvalue weighted by Gasteiger charge is 2.38. The van der Waals surface area contributed by atoms with Gasteiger partial charge in [-0.15, -0.1) is 0 Å². The van der Waals surface area contributed by atoms with Crippen LogP contribution in [-0.2, 0) is 9.59 Å². The van der Waals surface area contributed by atoms with E-state index in [9.17, 15) is 19.8 Å². The first-order valence-corrected chi connectivity index (χ1v) is 6.36. The van der Waals surface area contributed by atoms with Crippen molar-refractivity contribution >= 4 is 11.9 Å². The van der Waals surface area contributed by atoms with Gasteiger partial charge in [-0.2, -0.15) is 0 Å². The zero-order chi connectivity index (χ0) is 13.3. The minimum atomic E-state index is -0.882. The zero-order valence-electron chi connectivity index (χ0n) is 10.2. The standard InChI is InChI=1S/C12H19NO5/c14-9-5-13(6-10(9)15)11(16)7-2-1-3-8(4-7)12(17)18/h7-10,14-15H,1-6H2,(H,17,18). The van der Waals surface area contributed by atoms with E-state index in [0.29, 0.717) is 19.3 Å². The van der Waals surface area contributed by atoms with Crippen molar-refractivity contribution in [3.05, 3.63) is 0 Å². The van der Waals surface area contributed by atoms with Crippen molar-refractivity contribution in [2.75, 3.05) is 13.1 Å². The molecule has 0 aromatic carbocycles.